The Morgan fingerprint density at radius 1 is 1.05 bits per heavy atom. The lowest BCUT2D eigenvalue weighted by molar-refractivity contribution is 0.374. The summed E-state index contributed by atoms with van der Waals surface area (Å²) in [5.74, 6) is 0.635. The Labute approximate surface area is 143 Å². The molecule has 1 aliphatic rings. The van der Waals surface area contributed by atoms with E-state index in [1.807, 2.05) is 19.1 Å². The molecule has 0 aliphatic heterocycles. The van der Waals surface area contributed by atoms with E-state index in [4.69, 9.17) is 23.2 Å². The number of hydrogen-bond donors (Lipinski definition) is 1. The normalized spacial score (nSPS) is 21.0. The molecule has 1 nitrogen and oxygen atoms in total. The molecule has 0 amide bonds. The Morgan fingerprint density at radius 2 is 1.71 bits per heavy atom. The summed E-state index contributed by atoms with van der Waals surface area (Å²) in [7, 11) is 0. The molecule has 110 valence electrons. The molecule has 1 N–H and O–H groups in total. The zero-order valence-corrected chi connectivity index (χ0v) is 14.8. The van der Waals surface area contributed by atoms with Crippen molar-refractivity contribution in [1.29, 1.82) is 0 Å². The molecular formula is C17H16BrCl2N. The molecule has 0 spiro atoms. The van der Waals surface area contributed by atoms with Crippen LogP contribution in [0.25, 0.3) is 0 Å². The molecule has 0 unspecified atom stereocenters. The fourth-order valence-corrected chi connectivity index (χ4v) is 3.42. The average molecular weight is 385 g/mol. The first kappa shape index (κ1) is 15.2. The third-order valence-corrected chi connectivity index (χ3v) is 5.34. The average Bonchev–Trinajstić information content (AvgIpc) is 2.40. The van der Waals surface area contributed by atoms with E-state index in [1.54, 1.807) is 0 Å². The van der Waals surface area contributed by atoms with Crippen LogP contribution in [0.2, 0.25) is 10.0 Å². The minimum absolute atomic E-state index is 0.468. The van der Waals surface area contributed by atoms with E-state index >= 15 is 0 Å². The van der Waals surface area contributed by atoms with Crippen molar-refractivity contribution in [3.05, 3.63) is 62.0 Å². The predicted molar refractivity (Wildman–Crippen MR) is 94.7 cm³/mol. The quantitative estimate of drug-likeness (QED) is 0.643. The number of hydrogen-bond acceptors (Lipinski definition) is 1. The Hall–Kier alpha value is -0.700. The first-order chi connectivity index (χ1) is 10.0. The van der Waals surface area contributed by atoms with E-state index in [1.165, 1.54) is 5.56 Å². The monoisotopic (exact) mass is 383 g/mol. The Kier molecular flexibility index (Phi) is 4.49. The van der Waals surface area contributed by atoms with Crippen LogP contribution in [0.1, 0.15) is 29.9 Å². The standard InChI is InChI=1S/C17H16BrCl2N/c1-10-6-16(20)17(9-15(10)19)21-14-7-12(8-14)11-2-4-13(18)5-3-11/h2-6,9,12,14,21H,7-8H2,1H3. The third-order valence-electron chi connectivity index (χ3n) is 4.09. The molecule has 1 saturated carbocycles. The molecule has 3 rings (SSSR count). The molecule has 1 aliphatic carbocycles. The largest absolute Gasteiger partial charge is 0.381 e. The number of nitrogens with one attached hydrogen (secondary N) is 1. The van der Waals surface area contributed by atoms with Crippen LogP contribution in [0, 0.1) is 6.92 Å². The van der Waals surface area contributed by atoms with Gasteiger partial charge in [0, 0.05) is 15.5 Å². The van der Waals surface area contributed by atoms with Crippen molar-refractivity contribution in [2.24, 2.45) is 0 Å². The molecule has 0 atom stereocenters. The molecule has 0 bridgehead atoms. The van der Waals surface area contributed by atoms with Crippen LogP contribution in [0.4, 0.5) is 5.69 Å². The van der Waals surface area contributed by atoms with Gasteiger partial charge in [-0.2, -0.15) is 0 Å². The molecule has 0 radical (unpaired) electrons. The number of anilines is 1. The lowest BCUT2D eigenvalue weighted by Gasteiger charge is -2.37. The van der Waals surface area contributed by atoms with Crippen molar-refractivity contribution < 1.29 is 0 Å². The van der Waals surface area contributed by atoms with Gasteiger partial charge in [-0.15, -0.1) is 0 Å². The lowest BCUT2D eigenvalue weighted by Crippen LogP contribution is -2.34. The van der Waals surface area contributed by atoms with Crippen molar-refractivity contribution in [3.8, 4) is 0 Å². The summed E-state index contributed by atoms with van der Waals surface area (Å²) >= 11 is 15.9. The van der Waals surface area contributed by atoms with E-state index in [2.05, 4.69) is 45.5 Å². The van der Waals surface area contributed by atoms with Crippen LogP contribution in [-0.4, -0.2) is 6.04 Å². The maximum absolute atomic E-state index is 6.27. The highest BCUT2D eigenvalue weighted by Crippen LogP contribution is 2.40. The van der Waals surface area contributed by atoms with E-state index < -0.39 is 0 Å². The molecule has 2 aromatic rings. The second kappa shape index (κ2) is 6.20. The van der Waals surface area contributed by atoms with E-state index in [0.717, 1.165) is 38.6 Å². The molecule has 21 heavy (non-hydrogen) atoms. The number of rotatable bonds is 3. The molecule has 2 aromatic carbocycles. The predicted octanol–water partition coefficient (Wildman–Crippen LogP) is 6.42. The summed E-state index contributed by atoms with van der Waals surface area (Å²) in [5, 5.41) is 5.00. The van der Waals surface area contributed by atoms with Gasteiger partial charge in [-0.1, -0.05) is 51.3 Å². The van der Waals surface area contributed by atoms with Gasteiger partial charge >= 0.3 is 0 Å². The van der Waals surface area contributed by atoms with Crippen molar-refractivity contribution in [1.82, 2.24) is 0 Å². The van der Waals surface area contributed by atoms with Crippen LogP contribution < -0.4 is 5.32 Å². The summed E-state index contributed by atoms with van der Waals surface area (Å²) in [6.45, 7) is 1.96. The topological polar surface area (TPSA) is 12.0 Å². The SMILES string of the molecule is Cc1cc(Cl)c(NC2CC(c3ccc(Br)cc3)C2)cc1Cl. The molecule has 0 heterocycles. The van der Waals surface area contributed by atoms with E-state index in [9.17, 15) is 0 Å². The smallest absolute Gasteiger partial charge is 0.0641 e. The van der Waals surface area contributed by atoms with E-state index in [0.29, 0.717) is 12.0 Å². The Balaban J connectivity index is 1.62. The van der Waals surface area contributed by atoms with Gasteiger partial charge in [-0.25, -0.2) is 0 Å². The van der Waals surface area contributed by atoms with Gasteiger partial charge in [0.15, 0.2) is 0 Å². The molecule has 1 fully saturated rings. The van der Waals surface area contributed by atoms with Crippen molar-refractivity contribution in [3.63, 3.8) is 0 Å². The van der Waals surface area contributed by atoms with Gasteiger partial charge in [0.05, 0.1) is 10.7 Å². The summed E-state index contributed by atoms with van der Waals surface area (Å²) in [6.07, 6.45) is 2.26. The summed E-state index contributed by atoms with van der Waals surface area (Å²) in [4.78, 5) is 0. The first-order valence-electron chi connectivity index (χ1n) is 7.00. The zero-order chi connectivity index (χ0) is 15.0. The van der Waals surface area contributed by atoms with Crippen molar-refractivity contribution in [2.45, 2.75) is 31.7 Å². The van der Waals surface area contributed by atoms with Gasteiger partial charge < -0.3 is 5.32 Å². The lowest BCUT2D eigenvalue weighted by atomic mass is 9.76. The first-order valence-corrected chi connectivity index (χ1v) is 8.55. The summed E-state index contributed by atoms with van der Waals surface area (Å²) in [6, 6.07) is 12.9. The van der Waals surface area contributed by atoms with Gasteiger partial charge in [0.2, 0.25) is 0 Å². The highest BCUT2D eigenvalue weighted by molar-refractivity contribution is 9.10. The van der Waals surface area contributed by atoms with Crippen LogP contribution in [0.5, 0.6) is 0 Å². The Morgan fingerprint density at radius 3 is 2.38 bits per heavy atom. The van der Waals surface area contributed by atoms with Crippen LogP contribution in [-0.2, 0) is 0 Å². The maximum Gasteiger partial charge on any atom is 0.0641 e. The van der Waals surface area contributed by atoms with E-state index in [-0.39, 0.29) is 0 Å². The van der Waals surface area contributed by atoms with Crippen molar-refractivity contribution in [2.75, 3.05) is 5.32 Å². The fourth-order valence-electron chi connectivity index (χ4n) is 2.72. The maximum atomic E-state index is 6.27. The highest BCUT2D eigenvalue weighted by Gasteiger charge is 2.30. The summed E-state index contributed by atoms with van der Waals surface area (Å²) in [5.41, 5.74) is 3.35. The molecule has 0 saturated heterocycles. The third kappa shape index (κ3) is 3.39. The number of aryl methyl sites for hydroxylation is 1. The highest BCUT2D eigenvalue weighted by atomic mass is 79.9. The molecular weight excluding hydrogens is 369 g/mol. The molecule has 0 aromatic heterocycles. The van der Waals surface area contributed by atoms with Gasteiger partial charge in [-0.05, 0) is 61.1 Å². The fraction of sp³-hybridized carbons (Fsp3) is 0.294. The minimum Gasteiger partial charge on any atom is -0.381 e. The van der Waals surface area contributed by atoms with Crippen LogP contribution in [0.15, 0.2) is 40.9 Å². The Bertz CT molecular complexity index is 649. The number of halogens is 3. The second-order valence-electron chi connectivity index (χ2n) is 5.64. The van der Waals surface area contributed by atoms with Gasteiger partial charge in [0.25, 0.3) is 0 Å². The molecule has 4 heteroatoms. The second-order valence-corrected chi connectivity index (χ2v) is 7.37. The zero-order valence-electron chi connectivity index (χ0n) is 11.7. The van der Waals surface area contributed by atoms with Gasteiger partial charge in [-0.3, -0.25) is 0 Å². The minimum atomic E-state index is 0.468. The number of benzene rings is 2. The van der Waals surface area contributed by atoms with Crippen LogP contribution in [0.3, 0.4) is 0 Å². The van der Waals surface area contributed by atoms with Crippen LogP contribution >= 0.6 is 39.1 Å². The van der Waals surface area contributed by atoms with Crippen molar-refractivity contribution >= 4 is 44.8 Å². The van der Waals surface area contributed by atoms with Gasteiger partial charge in [0.1, 0.15) is 0 Å². The summed E-state index contributed by atoms with van der Waals surface area (Å²) < 4.78 is 1.13.